The summed E-state index contributed by atoms with van der Waals surface area (Å²) in [5, 5.41) is 4.93. The fourth-order valence-corrected chi connectivity index (χ4v) is 4.86. The van der Waals surface area contributed by atoms with Crippen LogP contribution in [0.2, 0.25) is 0 Å². The maximum Gasteiger partial charge on any atom is 0.120 e. The Labute approximate surface area is 171 Å². The lowest BCUT2D eigenvalue weighted by Crippen LogP contribution is -2.33. The number of benzene rings is 2. The van der Waals surface area contributed by atoms with E-state index in [0.717, 1.165) is 30.2 Å². The van der Waals surface area contributed by atoms with Gasteiger partial charge < -0.3 is 15.0 Å². The largest absolute Gasteiger partial charge is 0.494 e. The first-order valence-corrected chi connectivity index (χ1v) is 11.3. The van der Waals surface area contributed by atoms with Gasteiger partial charge in [-0.15, -0.1) is 0 Å². The number of fused-ring (bicyclic) bond motifs is 1. The Bertz CT molecular complexity index is 932. The normalized spacial score (nSPS) is 16.9. The summed E-state index contributed by atoms with van der Waals surface area (Å²) in [7, 11) is 0. The molecule has 146 valence electrons. The Morgan fingerprint density at radius 3 is 2.89 bits per heavy atom. The highest BCUT2D eigenvalue weighted by atomic mass is 32.2. The first-order valence-electron chi connectivity index (χ1n) is 10.1. The molecule has 3 aromatic rings. The quantitative estimate of drug-likeness (QED) is 0.488. The second-order valence-corrected chi connectivity index (χ2v) is 8.31. The van der Waals surface area contributed by atoms with E-state index in [1.807, 2.05) is 24.8 Å². The minimum absolute atomic E-state index is 0.570. The monoisotopic (exact) mass is 392 g/mol. The van der Waals surface area contributed by atoms with Gasteiger partial charge in [0, 0.05) is 35.4 Å². The summed E-state index contributed by atoms with van der Waals surface area (Å²) in [5.74, 6) is 3.15. The average molecular weight is 393 g/mol. The van der Waals surface area contributed by atoms with Gasteiger partial charge in [-0.25, -0.2) is 0 Å². The molecule has 0 saturated carbocycles. The fourth-order valence-electron chi connectivity index (χ4n) is 3.80. The number of rotatable bonds is 8. The molecule has 0 aliphatic carbocycles. The smallest absolute Gasteiger partial charge is 0.120 e. The molecular formula is C24H28N2OS. The van der Waals surface area contributed by atoms with Crippen molar-refractivity contribution in [3.8, 4) is 5.75 Å². The molecule has 0 bridgehead atoms. The van der Waals surface area contributed by atoms with Crippen LogP contribution in [-0.4, -0.2) is 29.9 Å². The molecule has 0 fully saturated rings. The molecule has 2 heterocycles. The average Bonchev–Trinajstić information content (AvgIpc) is 3.15. The van der Waals surface area contributed by atoms with E-state index in [1.165, 1.54) is 34.0 Å². The molecule has 3 nitrogen and oxygen atoms in total. The SMILES string of the molecule is CCOc1ccc2[nH]cc(CSCCC3CC(c4ccccc4)=CCN3)c2c1. The fraction of sp³-hybridized carbons (Fsp3) is 0.333. The molecule has 28 heavy (non-hydrogen) atoms. The van der Waals surface area contributed by atoms with E-state index in [9.17, 15) is 0 Å². The summed E-state index contributed by atoms with van der Waals surface area (Å²) in [5.41, 5.74) is 5.40. The second-order valence-electron chi connectivity index (χ2n) is 7.20. The highest BCUT2D eigenvalue weighted by Crippen LogP contribution is 2.28. The maximum absolute atomic E-state index is 5.66. The standard InChI is InChI=1S/C24H28N2OS/c1-2-27-22-8-9-24-23(15-22)20(16-26-24)17-28-13-11-21-14-19(10-12-25-21)18-6-4-3-5-7-18/h3-10,15-16,21,25-26H,2,11-14,17H2,1H3. The van der Waals surface area contributed by atoms with Gasteiger partial charge in [-0.2, -0.15) is 11.8 Å². The van der Waals surface area contributed by atoms with Crippen LogP contribution in [0.15, 0.2) is 60.8 Å². The van der Waals surface area contributed by atoms with Crippen molar-refractivity contribution >= 4 is 28.2 Å². The number of aromatic amines is 1. The Hall–Kier alpha value is -2.17. The summed E-state index contributed by atoms with van der Waals surface area (Å²) in [6.45, 7) is 3.70. The Kier molecular flexibility index (Phi) is 6.40. The molecule has 2 N–H and O–H groups in total. The Morgan fingerprint density at radius 2 is 2.04 bits per heavy atom. The second kappa shape index (κ2) is 9.35. The zero-order valence-electron chi connectivity index (χ0n) is 16.4. The van der Waals surface area contributed by atoms with Crippen molar-refractivity contribution in [2.24, 2.45) is 0 Å². The van der Waals surface area contributed by atoms with Crippen molar-refractivity contribution in [3.05, 3.63) is 71.9 Å². The Morgan fingerprint density at radius 1 is 1.14 bits per heavy atom. The van der Waals surface area contributed by atoms with Gasteiger partial charge in [0.2, 0.25) is 0 Å². The molecule has 1 atom stereocenters. The van der Waals surface area contributed by atoms with Gasteiger partial charge >= 0.3 is 0 Å². The molecule has 2 aromatic carbocycles. The third kappa shape index (κ3) is 4.62. The molecule has 0 amide bonds. The van der Waals surface area contributed by atoms with Crippen LogP contribution in [0.4, 0.5) is 0 Å². The van der Waals surface area contributed by atoms with Crippen LogP contribution in [0.1, 0.15) is 30.9 Å². The van der Waals surface area contributed by atoms with Crippen molar-refractivity contribution in [1.82, 2.24) is 10.3 Å². The van der Waals surface area contributed by atoms with E-state index in [1.54, 1.807) is 0 Å². The van der Waals surface area contributed by atoms with E-state index in [-0.39, 0.29) is 0 Å². The van der Waals surface area contributed by atoms with Crippen LogP contribution in [0.25, 0.3) is 16.5 Å². The maximum atomic E-state index is 5.66. The molecule has 4 rings (SSSR count). The van der Waals surface area contributed by atoms with Crippen molar-refractivity contribution in [1.29, 1.82) is 0 Å². The summed E-state index contributed by atoms with van der Waals surface area (Å²) < 4.78 is 5.66. The number of nitrogens with one attached hydrogen (secondary N) is 2. The molecule has 0 radical (unpaired) electrons. The summed E-state index contributed by atoms with van der Waals surface area (Å²) in [6, 6.07) is 17.6. The number of thioether (sulfide) groups is 1. The molecule has 1 aliphatic rings. The lowest BCUT2D eigenvalue weighted by Gasteiger charge is -2.24. The summed E-state index contributed by atoms with van der Waals surface area (Å²) in [4.78, 5) is 3.38. The minimum atomic E-state index is 0.570. The topological polar surface area (TPSA) is 37.0 Å². The van der Waals surface area contributed by atoms with Gasteiger partial charge in [0.05, 0.1) is 6.61 Å². The van der Waals surface area contributed by atoms with Gasteiger partial charge in [0.1, 0.15) is 5.75 Å². The van der Waals surface area contributed by atoms with Crippen molar-refractivity contribution in [3.63, 3.8) is 0 Å². The zero-order chi connectivity index (χ0) is 19.2. The number of hydrogen-bond donors (Lipinski definition) is 2. The molecule has 0 saturated heterocycles. The summed E-state index contributed by atoms with van der Waals surface area (Å²) >= 11 is 2.02. The van der Waals surface area contributed by atoms with Gasteiger partial charge in [-0.1, -0.05) is 36.4 Å². The third-order valence-electron chi connectivity index (χ3n) is 5.28. The van der Waals surface area contributed by atoms with Crippen LogP contribution >= 0.6 is 11.8 Å². The van der Waals surface area contributed by atoms with Crippen molar-refractivity contribution < 1.29 is 4.74 Å². The summed E-state index contributed by atoms with van der Waals surface area (Å²) in [6.07, 6.45) is 6.79. The number of ether oxygens (including phenoxy) is 1. The molecular weight excluding hydrogens is 364 g/mol. The van der Waals surface area contributed by atoms with Crippen molar-refractivity contribution in [2.75, 3.05) is 18.9 Å². The van der Waals surface area contributed by atoms with Gasteiger partial charge in [0.25, 0.3) is 0 Å². The number of aromatic nitrogens is 1. The first kappa shape index (κ1) is 19.2. The van der Waals surface area contributed by atoms with Gasteiger partial charge in [-0.3, -0.25) is 0 Å². The predicted molar refractivity (Wildman–Crippen MR) is 121 cm³/mol. The van der Waals surface area contributed by atoms with Gasteiger partial charge in [-0.05, 0) is 60.4 Å². The molecule has 0 spiro atoms. The molecule has 1 unspecified atom stereocenters. The highest BCUT2D eigenvalue weighted by molar-refractivity contribution is 7.98. The first-order chi connectivity index (χ1) is 13.8. The van der Waals surface area contributed by atoms with Crippen LogP contribution < -0.4 is 10.1 Å². The van der Waals surface area contributed by atoms with E-state index < -0.39 is 0 Å². The molecule has 1 aliphatic heterocycles. The molecule has 1 aromatic heterocycles. The number of hydrogen-bond acceptors (Lipinski definition) is 3. The van der Waals surface area contributed by atoms with E-state index >= 15 is 0 Å². The predicted octanol–water partition coefficient (Wildman–Crippen LogP) is 5.64. The number of H-pyrrole nitrogens is 1. The third-order valence-corrected chi connectivity index (χ3v) is 6.32. The lowest BCUT2D eigenvalue weighted by molar-refractivity contribution is 0.340. The van der Waals surface area contributed by atoms with Crippen LogP contribution in [0.3, 0.4) is 0 Å². The van der Waals surface area contributed by atoms with Gasteiger partial charge in [0.15, 0.2) is 0 Å². The Balaban J connectivity index is 1.29. The van der Waals surface area contributed by atoms with E-state index in [0.29, 0.717) is 12.6 Å². The minimum Gasteiger partial charge on any atom is -0.494 e. The zero-order valence-corrected chi connectivity index (χ0v) is 17.2. The van der Waals surface area contributed by atoms with Crippen LogP contribution in [0, 0.1) is 0 Å². The van der Waals surface area contributed by atoms with E-state index in [2.05, 4.69) is 65.0 Å². The van der Waals surface area contributed by atoms with Crippen LogP contribution in [-0.2, 0) is 5.75 Å². The van der Waals surface area contributed by atoms with Crippen molar-refractivity contribution in [2.45, 2.75) is 31.6 Å². The van der Waals surface area contributed by atoms with E-state index in [4.69, 9.17) is 4.74 Å². The lowest BCUT2D eigenvalue weighted by atomic mass is 9.94. The molecule has 4 heteroatoms. The van der Waals surface area contributed by atoms with Crippen LogP contribution in [0.5, 0.6) is 5.75 Å². The highest BCUT2D eigenvalue weighted by Gasteiger charge is 2.15.